The molecule has 5 heteroatoms. The van der Waals surface area contributed by atoms with Gasteiger partial charge in [0.2, 0.25) is 0 Å². The topological polar surface area (TPSA) is 45.6 Å². The molecule has 4 nitrogen and oxygen atoms in total. The molecule has 0 aliphatic carbocycles. The molecule has 2 aromatic carbocycles. The van der Waals surface area contributed by atoms with E-state index in [0.717, 1.165) is 17.0 Å². The van der Waals surface area contributed by atoms with Gasteiger partial charge in [-0.2, -0.15) is 5.10 Å². The zero-order chi connectivity index (χ0) is 16.7. The van der Waals surface area contributed by atoms with E-state index in [0.29, 0.717) is 11.7 Å². The van der Waals surface area contributed by atoms with Crippen molar-refractivity contribution in [2.24, 2.45) is 5.10 Å². The molecule has 23 heavy (non-hydrogen) atoms. The quantitative estimate of drug-likeness (QED) is 0.494. The van der Waals surface area contributed by atoms with Gasteiger partial charge in [-0.15, -0.1) is 0 Å². The summed E-state index contributed by atoms with van der Waals surface area (Å²) in [6, 6.07) is 13.8. The normalized spacial score (nSPS) is 10.6. The molecule has 120 valence electrons. The Morgan fingerprint density at radius 2 is 1.96 bits per heavy atom. The van der Waals surface area contributed by atoms with Crippen LogP contribution in [0.25, 0.3) is 0 Å². The van der Waals surface area contributed by atoms with Crippen molar-refractivity contribution < 1.29 is 4.74 Å². The van der Waals surface area contributed by atoms with Crippen molar-refractivity contribution in [3.05, 3.63) is 59.2 Å². The van der Waals surface area contributed by atoms with Crippen molar-refractivity contribution in [2.45, 2.75) is 20.8 Å². The van der Waals surface area contributed by atoms with Gasteiger partial charge in [0.1, 0.15) is 5.75 Å². The zero-order valence-electron chi connectivity index (χ0n) is 13.6. The fourth-order valence-corrected chi connectivity index (χ4v) is 2.23. The molecule has 0 heterocycles. The highest BCUT2D eigenvalue weighted by Gasteiger charge is 2.02. The highest BCUT2D eigenvalue weighted by Crippen LogP contribution is 2.18. The molecule has 0 radical (unpaired) electrons. The van der Waals surface area contributed by atoms with E-state index in [1.807, 2.05) is 43.3 Å². The first-order chi connectivity index (χ1) is 11.1. The lowest BCUT2D eigenvalue weighted by atomic mass is 10.1. The Bertz CT molecular complexity index is 713. The lowest BCUT2D eigenvalue weighted by molar-refractivity contribution is 0.340. The summed E-state index contributed by atoms with van der Waals surface area (Å²) in [5.41, 5.74) is 7.09. The Kier molecular flexibility index (Phi) is 6.11. The third-order valence-electron chi connectivity index (χ3n) is 3.44. The number of anilines is 1. The lowest BCUT2D eigenvalue weighted by Crippen LogP contribution is -2.24. The fourth-order valence-electron chi connectivity index (χ4n) is 2.07. The van der Waals surface area contributed by atoms with Crippen LogP contribution in [-0.2, 0) is 0 Å². The number of para-hydroxylation sites is 1. The van der Waals surface area contributed by atoms with E-state index in [2.05, 4.69) is 35.8 Å². The molecule has 0 saturated carbocycles. The predicted octanol–water partition coefficient (Wildman–Crippen LogP) is 4.02. The molecule has 0 unspecified atom stereocenters. The molecule has 0 spiro atoms. The van der Waals surface area contributed by atoms with Crippen molar-refractivity contribution in [1.29, 1.82) is 0 Å². The summed E-state index contributed by atoms with van der Waals surface area (Å²) in [6.07, 6.45) is 1.70. The molecule has 0 amide bonds. The number of hydrogen-bond donors (Lipinski definition) is 2. The molecular formula is C18H21N3OS. The van der Waals surface area contributed by atoms with Crippen LogP contribution in [0.4, 0.5) is 5.69 Å². The van der Waals surface area contributed by atoms with Crippen LogP contribution in [-0.4, -0.2) is 17.9 Å². The van der Waals surface area contributed by atoms with Gasteiger partial charge < -0.3 is 10.1 Å². The van der Waals surface area contributed by atoms with Gasteiger partial charge in [0.05, 0.1) is 12.8 Å². The summed E-state index contributed by atoms with van der Waals surface area (Å²) >= 11 is 5.27. The summed E-state index contributed by atoms with van der Waals surface area (Å²) in [7, 11) is 0. The first-order valence-corrected chi connectivity index (χ1v) is 7.90. The van der Waals surface area contributed by atoms with Crippen LogP contribution < -0.4 is 15.5 Å². The van der Waals surface area contributed by atoms with Gasteiger partial charge in [0.25, 0.3) is 0 Å². The molecule has 0 saturated heterocycles. The van der Waals surface area contributed by atoms with Crippen LogP contribution in [0.2, 0.25) is 0 Å². The van der Waals surface area contributed by atoms with Gasteiger partial charge in [-0.3, -0.25) is 5.43 Å². The second-order valence-electron chi connectivity index (χ2n) is 5.04. The van der Waals surface area contributed by atoms with Crippen LogP contribution in [0, 0.1) is 13.8 Å². The van der Waals surface area contributed by atoms with Gasteiger partial charge in [-0.05, 0) is 62.3 Å². The van der Waals surface area contributed by atoms with Crippen molar-refractivity contribution in [3.8, 4) is 5.75 Å². The Hall–Kier alpha value is -2.40. The van der Waals surface area contributed by atoms with Gasteiger partial charge in [0, 0.05) is 11.3 Å². The first-order valence-electron chi connectivity index (χ1n) is 7.50. The Morgan fingerprint density at radius 3 is 2.74 bits per heavy atom. The fraction of sp³-hybridized carbons (Fsp3) is 0.222. The van der Waals surface area contributed by atoms with Crippen LogP contribution in [0.5, 0.6) is 5.75 Å². The molecule has 2 aromatic rings. The largest absolute Gasteiger partial charge is 0.493 e. The van der Waals surface area contributed by atoms with E-state index in [4.69, 9.17) is 17.0 Å². The molecular weight excluding hydrogens is 306 g/mol. The minimum Gasteiger partial charge on any atom is -0.493 e. The monoisotopic (exact) mass is 327 g/mol. The third kappa shape index (κ3) is 4.79. The predicted molar refractivity (Wildman–Crippen MR) is 100 cm³/mol. The lowest BCUT2D eigenvalue weighted by Gasteiger charge is -2.11. The van der Waals surface area contributed by atoms with Crippen LogP contribution in [0.15, 0.2) is 47.6 Å². The van der Waals surface area contributed by atoms with E-state index in [-0.39, 0.29) is 0 Å². The summed E-state index contributed by atoms with van der Waals surface area (Å²) in [4.78, 5) is 0. The van der Waals surface area contributed by atoms with E-state index < -0.39 is 0 Å². The van der Waals surface area contributed by atoms with E-state index in [9.17, 15) is 0 Å². The van der Waals surface area contributed by atoms with E-state index in [1.54, 1.807) is 6.21 Å². The molecule has 0 aromatic heterocycles. The number of nitrogens with one attached hydrogen (secondary N) is 2. The number of hydrazone groups is 1. The zero-order valence-corrected chi connectivity index (χ0v) is 14.4. The van der Waals surface area contributed by atoms with Crippen molar-refractivity contribution in [1.82, 2.24) is 5.43 Å². The highest BCUT2D eigenvalue weighted by molar-refractivity contribution is 7.80. The van der Waals surface area contributed by atoms with Crippen molar-refractivity contribution in [3.63, 3.8) is 0 Å². The van der Waals surface area contributed by atoms with Gasteiger partial charge >= 0.3 is 0 Å². The average molecular weight is 327 g/mol. The smallest absolute Gasteiger partial charge is 0.191 e. The summed E-state index contributed by atoms with van der Waals surface area (Å²) in [5.74, 6) is 0.800. The molecule has 2 rings (SSSR count). The van der Waals surface area contributed by atoms with Crippen LogP contribution in [0.3, 0.4) is 0 Å². The van der Waals surface area contributed by atoms with Crippen LogP contribution >= 0.6 is 12.2 Å². The molecule has 0 bridgehead atoms. The number of benzene rings is 2. The number of thiocarbonyl (C=S) groups is 1. The van der Waals surface area contributed by atoms with Crippen molar-refractivity contribution >= 4 is 29.2 Å². The number of hydrogen-bond acceptors (Lipinski definition) is 3. The standard InChI is InChI=1S/C18H21N3OS/c1-4-22-17-11-6-5-9-15(17)12-19-21-18(23)20-16-10-7-8-13(2)14(16)3/h5-12H,4H2,1-3H3,(H2,20,21,23)/b19-12-. The summed E-state index contributed by atoms with van der Waals surface area (Å²) in [6.45, 7) is 6.70. The van der Waals surface area contributed by atoms with Crippen molar-refractivity contribution in [2.75, 3.05) is 11.9 Å². The van der Waals surface area contributed by atoms with Gasteiger partial charge in [-0.1, -0.05) is 24.3 Å². The number of nitrogens with zero attached hydrogens (tertiary/aromatic N) is 1. The first kappa shape index (κ1) is 17.0. The number of aryl methyl sites for hydroxylation is 1. The number of rotatable bonds is 5. The highest BCUT2D eigenvalue weighted by atomic mass is 32.1. The Morgan fingerprint density at radius 1 is 1.17 bits per heavy atom. The molecule has 0 fully saturated rings. The molecule has 0 atom stereocenters. The Balaban J connectivity index is 1.98. The average Bonchev–Trinajstić information content (AvgIpc) is 2.54. The maximum absolute atomic E-state index is 5.55. The maximum Gasteiger partial charge on any atom is 0.191 e. The Labute approximate surface area is 142 Å². The maximum atomic E-state index is 5.55. The van der Waals surface area contributed by atoms with E-state index >= 15 is 0 Å². The summed E-state index contributed by atoms with van der Waals surface area (Å²) in [5, 5.41) is 7.77. The third-order valence-corrected chi connectivity index (χ3v) is 3.63. The van der Waals surface area contributed by atoms with Crippen LogP contribution in [0.1, 0.15) is 23.6 Å². The van der Waals surface area contributed by atoms with Gasteiger partial charge in [0.15, 0.2) is 5.11 Å². The summed E-state index contributed by atoms with van der Waals surface area (Å²) < 4.78 is 5.55. The number of ether oxygens (including phenoxy) is 1. The molecule has 0 aliphatic heterocycles. The molecule has 2 N–H and O–H groups in total. The second-order valence-corrected chi connectivity index (χ2v) is 5.45. The second kappa shape index (κ2) is 8.29. The van der Waals surface area contributed by atoms with E-state index in [1.165, 1.54) is 11.1 Å². The van der Waals surface area contributed by atoms with Gasteiger partial charge in [-0.25, -0.2) is 0 Å². The minimum atomic E-state index is 0.448. The molecule has 0 aliphatic rings. The SMILES string of the molecule is CCOc1ccccc1/C=N\NC(=S)Nc1cccc(C)c1C. The minimum absolute atomic E-state index is 0.448.